The first kappa shape index (κ1) is 30.7. The first-order chi connectivity index (χ1) is 19.4. The van der Waals surface area contributed by atoms with Gasteiger partial charge in [0.1, 0.15) is 10.9 Å². The molecule has 1 aliphatic heterocycles. The van der Waals surface area contributed by atoms with Crippen molar-refractivity contribution in [2.75, 3.05) is 11.9 Å². The third-order valence-corrected chi connectivity index (χ3v) is 10.4. The molecule has 0 unspecified atom stereocenters. The van der Waals surface area contributed by atoms with Gasteiger partial charge in [0.05, 0.1) is 10.6 Å². The van der Waals surface area contributed by atoms with Gasteiger partial charge in [0.25, 0.3) is 0 Å². The van der Waals surface area contributed by atoms with Crippen LogP contribution in [0.5, 0.6) is 0 Å². The number of nitrogens with zero attached hydrogens (tertiary/aromatic N) is 2. The van der Waals surface area contributed by atoms with Crippen molar-refractivity contribution in [1.29, 1.82) is 0 Å². The number of aryl methyl sites for hydroxylation is 1. The molecule has 4 rings (SSSR count). The third-order valence-electron chi connectivity index (χ3n) is 7.44. The van der Waals surface area contributed by atoms with Crippen molar-refractivity contribution in [3.63, 3.8) is 0 Å². The number of carboxylic acids is 1. The molecule has 0 aliphatic carbocycles. The Kier molecular flexibility index (Phi) is 9.51. The highest BCUT2D eigenvalue weighted by molar-refractivity contribution is 7.89. The van der Waals surface area contributed by atoms with Gasteiger partial charge in [0, 0.05) is 19.1 Å². The van der Waals surface area contributed by atoms with Crippen LogP contribution in [0.2, 0.25) is 0 Å². The Labute approximate surface area is 246 Å². The molecule has 2 aromatic carbocycles. The van der Waals surface area contributed by atoms with Crippen molar-refractivity contribution in [3.8, 4) is 0 Å². The Hall–Kier alpha value is -3.28. The summed E-state index contributed by atoms with van der Waals surface area (Å²) in [5.41, 5.74) is 3.56. The molecule has 41 heavy (non-hydrogen) atoms. The Morgan fingerprint density at radius 1 is 1.02 bits per heavy atom. The average molecular weight is 599 g/mol. The number of carbonyl (C=O) groups excluding carboxylic acids is 1. The van der Waals surface area contributed by atoms with Gasteiger partial charge in [-0.25, -0.2) is 18.2 Å². The number of hydrogen-bond acceptors (Lipinski definition) is 7. The SMILES string of the molecule is Cc1nc(N[C@@H]2CCN(S(=O)(=O)c3ccc(C(C)C)cc3)[C@@H](C(=O)NCc3ccc(C(C)C)cc3)C2)sc1C(=O)O. The summed E-state index contributed by atoms with van der Waals surface area (Å²) in [6.45, 7) is 10.4. The van der Waals surface area contributed by atoms with E-state index in [0.717, 1.165) is 22.5 Å². The van der Waals surface area contributed by atoms with Crippen molar-refractivity contribution in [3.05, 3.63) is 75.8 Å². The maximum Gasteiger partial charge on any atom is 0.347 e. The van der Waals surface area contributed by atoms with Crippen molar-refractivity contribution in [2.45, 2.75) is 82.8 Å². The van der Waals surface area contributed by atoms with Crippen LogP contribution in [0.25, 0.3) is 0 Å². The minimum absolute atomic E-state index is 0.128. The molecule has 1 saturated heterocycles. The smallest absolute Gasteiger partial charge is 0.347 e. The van der Waals surface area contributed by atoms with Gasteiger partial charge < -0.3 is 15.7 Å². The Morgan fingerprint density at radius 2 is 1.61 bits per heavy atom. The van der Waals surface area contributed by atoms with E-state index in [0.29, 0.717) is 23.2 Å². The van der Waals surface area contributed by atoms with E-state index in [2.05, 4.69) is 29.5 Å². The van der Waals surface area contributed by atoms with E-state index < -0.39 is 22.0 Å². The predicted molar refractivity (Wildman–Crippen MR) is 161 cm³/mol. The minimum atomic E-state index is -3.95. The first-order valence-electron chi connectivity index (χ1n) is 13.8. The Bertz CT molecular complexity index is 1480. The monoisotopic (exact) mass is 598 g/mol. The van der Waals surface area contributed by atoms with E-state index in [1.165, 1.54) is 9.87 Å². The van der Waals surface area contributed by atoms with Gasteiger partial charge in [-0.2, -0.15) is 4.31 Å². The normalized spacial score (nSPS) is 18.0. The fraction of sp³-hybridized carbons (Fsp3) is 0.433. The zero-order valence-electron chi connectivity index (χ0n) is 24.0. The van der Waals surface area contributed by atoms with Gasteiger partial charge in [0.2, 0.25) is 15.9 Å². The second-order valence-electron chi connectivity index (χ2n) is 11.1. The predicted octanol–water partition coefficient (Wildman–Crippen LogP) is 5.35. The lowest BCUT2D eigenvalue weighted by Gasteiger charge is -2.37. The molecule has 2 heterocycles. The van der Waals surface area contributed by atoms with Crippen LogP contribution in [0.1, 0.15) is 84.4 Å². The van der Waals surface area contributed by atoms with Crippen LogP contribution in [0, 0.1) is 6.92 Å². The average Bonchev–Trinajstić information content (AvgIpc) is 3.31. The minimum Gasteiger partial charge on any atom is -0.477 e. The summed E-state index contributed by atoms with van der Waals surface area (Å²) in [7, 11) is -3.95. The second-order valence-corrected chi connectivity index (χ2v) is 14.0. The molecule has 1 amide bonds. The summed E-state index contributed by atoms with van der Waals surface area (Å²) < 4.78 is 28.9. The number of aromatic carboxylic acids is 1. The number of rotatable bonds is 10. The fourth-order valence-corrected chi connectivity index (χ4v) is 7.41. The summed E-state index contributed by atoms with van der Waals surface area (Å²) in [5, 5.41) is 16.0. The summed E-state index contributed by atoms with van der Waals surface area (Å²) in [6, 6.07) is 13.6. The van der Waals surface area contributed by atoms with Gasteiger partial charge in [-0.15, -0.1) is 0 Å². The molecule has 0 saturated carbocycles. The number of thiazole rings is 1. The van der Waals surface area contributed by atoms with E-state index in [1.807, 2.05) is 50.2 Å². The molecule has 2 atom stereocenters. The maximum atomic E-state index is 13.8. The van der Waals surface area contributed by atoms with Crippen LogP contribution in [0.4, 0.5) is 5.13 Å². The fourth-order valence-electron chi connectivity index (χ4n) is 4.92. The van der Waals surface area contributed by atoms with Crippen LogP contribution in [0.15, 0.2) is 53.4 Å². The molecule has 220 valence electrons. The third kappa shape index (κ3) is 7.14. The maximum absolute atomic E-state index is 13.8. The van der Waals surface area contributed by atoms with Crippen molar-refractivity contribution in [2.24, 2.45) is 0 Å². The summed E-state index contributed by atoms with van der Waals surface area (Å²) in [5.74, 6) is -0.769. The number of piperidine rings is 1. The number of carbonyl (C=O) groups is 2. The van der Waals surface area contributed by atoms with Crippen LogP contribution in [-0.2, 0) is 21.4 Å². The molecule has 1 aromatic heterocycles. The highest BCUT2D eigenvalue weighted by Gasteiger charge is 2.41. The van der Waals surface area contributed by atoms with Crippen LogP contribution in [-0.4, -0.2) is 53.3 Å². The topological polar surface area (TPSA) is 129 Å². The standard InChI is InChI=1S/C30H38N4O5S2/c1-18(2)22-8-6-21(7-9-22)17-31-28(35)26-16-24(33-30-32-20(5)27(40-30)29(36)37)14-15-34(26)41(38,39)25-12-10-23(11-13-25)19(3)4/h6-13,18-19,24,26H,14-17H2,1-5H3,(H,31,35)(H,32,33)(H,36,37)/t24-,26-/m1/s1. The quantitative estimate of drug-likeness (QED) is 0.287. The van der Waals surface area contributed by atoms with E-state index in [9.17, 15) is 23.1 Å². The Balaban J connectivity index is 1.56. The Morgan fingerprint density at radius 3 is 2.15 bits per heavy atom. The number of aromatic nitrogens is 1. The molecule has 3 N–H and O–H groups in total. The molecule has 0 bridgehead atoms. The van der Waals surface area contributed by atoms with E-state index in [-0.39, 0.29) is 47.1 Å². The number of benzene rings is 2. The highest BCUT2D eigenvalue weighted by Crippen LogP contribution is 2.30. The van der Waals surface area contributed by atoms with Gasteiger partial charge >= 0.3 is 5.97 Å². The zero-order valence-corrected chi connectivity index (χ0v) is 25.7. The molecule has 0 spiro atoms. The number of hydrogen-bond donors (Lipinski definition) is 3. The van der Waals surface area contributed by atoms with Crippen molar-refractivity contribution < 1.29 is 23.1 Å². The van der Waals surface area contributed by atoms with Crippen molar-refractivity contribution >= 4 is 38.4 Å². The molecule has 3 aromatic rings. The van der Waals surface area contributed by atoms with Gasteiger partial charge in [-0.1, -0.05) is 75.4 Å². The number of anilines is 1. The van der Waals surface area contributed by atoms with Crippen LogP contribution < -0.4 is 10.6 Å². The summed E-state index contributed by atoms with van der Waals surface area (Å²) in [6.07, 6.45) is 0.646. The molecule has 1 aliphatic rings. The van der Waals surface area contributed by atoms with Gasteiger partial charge in [0.15, 0.2) is 5.13 Å². The molecular weight excluding hydrogens is 560 g/mol. The van der Waals surface area contributed by atoms with Gasteiger partial charge in [-0.05, 0) is 60.4 Å². The van der Waals surface area contributed by atoms with Crippen molar-refractivity contribution in [1.82, 2.24) is 14.6 Å². The van der Waals surface area contributed by atoms with Gasteiger partial charge in [-0.3, -0.25) is 4.79 Å². The molecule has 9 nitrogen and oxygen atoms in total. The molecular formula is C30H38N4O5S2. The number of sulfonamides is 1. The lowest BCUT2D eigenvalue weighted by atomic mass is 9.98. The summed E-state index contributed by atoms with van der Waals surface area (Å²) in [4.78, 5) is 29.7. The van der Waals surface area contributed by atoms with E-state index in [1.54, 1.807) is 19.1 Å². The highest BCUT2D eigenvalue weighted by atomic mass is 32.2. The lowest BCUT2D eigenvalue weighted by Crippen LogP contribution is -2.55. The largest absolute Gasteiger partial charge is 0.477 e. The number of carboxylic acid groups (broad SMARTS) is 1. The zero-order chi connectivity index (χ0) is 29.9. The van der Waals surface area contributed by atoms with E-state index in [4.69, 9.17) is 0 Å². The summed E-state index contributed by atoms with van der Waals surface area (Å²) >= 11 is 1.03. The van der Waals surface area contributed by atoms with E-state index >= 15 is 0 Å². The second kappa shape index (κ2) is 12.7. The lowest BCUT2D eigenvalue weighted by molar-refractivity contribution is -0.126. The van der Waals surface area contributed by atoms with Crippen LogP contribution >= 0.6 is 11.3 Å². The first-order valence-corrected chi connectivity index (χ1v) is 16.1. The molecule has 11 heteroatoms. The molecule has 1 fully saturated rings. The number of nitrogens with one attached hydrogen (secondary N) is 2. The van der Waals surface area contributed by atoms with Crippen LogP contribution in [0.3, 0.4) is 0 Å². The molecule has 0 radical (unpaired) electrons. The number of amides is 1.